The normalized spacial score (nSPS) is 10.2. The second-order valence-electron chi connectivity index (χ2n) is 3.85. The summed E-state index contributed by atoms with van der Waals surface area (Å²) in [4.78, 5) is 11.9. The van der Waals surface area contributed by atoms with Crippen LogP contribution in [-0.2, 0) is 0 Å². The zero-order valence-corrected chi connectivity index (χ0v) is 10.4. The molecule has 2 aromatic carbocycles. The SMILES string of the molecule is Nc1ccc(NC(=O)c2cc(F)ccc2O)cc1Cl. The highest BCUT2D eigenvalue weighted by molar-refractivity contribution is 6.33. The molecule has 0 saturated heterocycles. The van der Waals surface area contributed by atoms with Gasteiger partial charge in [-0.15, -0.1) is 0 Å². The third-order valence-corrected chi connectivity index (χ3v) is 2.79. The molecule has 1 amide bonds. The third kappa shape index (κ3) is 2.95. The summed E-state index contributed by atoms with van der Waals surface area (Å²) in [5.74, 6) is -1.56. The van der Waals surface area contributed by atoms with Crippen molar-refractivity contribution in [2.75, 3.05) is 11.1 Å². The number of carbonyl (C=O) groups excluding carboxylic acids is 1. The van der Waals surface area contributed by atoms with Gasteiger partial charge in [0.05, 0.1) is 16.3 Å². The standard InChI is InChI=1S/C13H10ClFN2O2/c14-10-6-8(2-3-11(10)16)17-13(19)9-5-7(15)1-4-12(9)18/h1-6,18H,16H2,(H,17,19). The summed E-state index contributed by atoms with van der Waals surface area (Å²) in [6, 6.07) is 7.67. The highest BCUT2D eigenvalue weighted by Gasteiger charge is 2.12. The van der Waals surface area contributed by atoms with Crippen LogP contribution in [0.4, 0.5) is 15.8 Å². The van der Waals surface area contributed by atoms with Gasteiger partial charge in [-0.05, 0) is 36.4 Å². The van der Waals surface area contributed by atoms with E-state index in [0.29, 0.717) is 16.4 Å². The van der Waals surface area contributed by atoms with Gasteiger partial charge in [0.25, 0.3) is 5.91 Å². The number of hydrogen-bond donors (Lipinski definition) is 3. The summed E-state index contributed by atoms with van der Waals surface area (Å²) in [5.41, 5.74) is 6.16. The van der Waals surface area contributed by atoms with E-state index in [9.17, 15) is 14.3 Å². The second-order valence-corrected chi connectivity index (χ2v) is 4.26. The van der Waals surface area contributed by atoms with E-state index in [1.807, 2.05) is 0 Å². The monoisotopic (exact) mass is 280 g/mol. The van der Waals surface area contributed by atoms with Crippen LogP contribution in [0, 0.1) is 5.82 Å². The van der Waals surface area contributed by atoms with Crippen LogP contribution in [0.15, 0.2) is 36.4 Å². The van der Waals surface area contributed by atoms with Crippen molar-refractivity contribution in [2.24, 2.45) is 0 Å². The zero-order chi connectivity index (χ0) is 14.0. The lowest BCUT2D eigenvalue weighted by Gasteiger charge is -2.08. The molecule has 0 aliphatic carbocycles. The summed E-state index contributed by atoms with van der Waals surface area (Å²) in [6.07, 6.45) is 0. The predicted octanol–water partition coefficient (Wildman–Crippen LogP) is 3.02. The van der Waals surface area contributed by atoms with Crippen LogP contribution in [-0.4, -0.2) is 11.0 Å². The number of amides is 1. The molecule has 2 rings (SSSR count). The Kier molecular flexibility index (Phi) is 3.57. The minimum absolute atomic E-state index is 0.159. The molecule has 0 bridgehead atoms. The first-order valence-corrected chi connectivity index (χ1v) is 5.70. The molecule has 0 radical (unpaired) electrons. The Morgan fingerprint density at radius 3 is 2.68 bits per heavy atom. The van der Waals surface area contributed by atoms with Gasteiger partial charge >= 0.3 is 0 Å². The molecule has 0 aliphatic rings. The van der Waals surface area contributed by atoms with Gasteiger partial charge in [-0.3, -0.25) is 4.79 Å². The Balaban J connectivity index is 2.25. The molecule has 0 heterocycles. The smallest absolute Gasteiger partial charge is 0.259 e. The van der Waals surface area contributed by atoms with Gasteiger partial charge in [0.2, 0.25) is 0 Å². The number of hydrogen-bond acceptors (Lipinski definition) is 3. The fraction of sp³-hybridized carbons (Fsp3) is 0. The average molecular weight is 281 g/mol. The molecule has 0 aromatic heterocycles. The van der Waals surface area contributed by atoms with Gasteiger partial charge in [-0.25, -0.2) is 4.39 Å². The lowest BCUT2D eigenvalue weighted by atomic mass is 10.1. The number of nitrogens with one attached hydrogen (secondary N) is 1. The van der Waals surface area contributed by atoms with Gasteiger partial charge in [0.15, 0.2) is 0 Å². The minimum atomic E-state index is -0.641. The van der Waals surface area contributed by atoms with Crippen LogP contribution in [0.5, 0.6) is 5.75 Å². The first kappa shape index (κ1) is 13.2. The largest absolute Gasteiger partial charge is 0.507 e. The van der Waals surface area contributed by atoms with Gasteiger partial charge in [-0.2, -0.15) is 0 Å². The van der Waals surface area contributed by atoms with Gasteiger partial charge in [0.1, 0.15) is 11.6 Å². The first-order chi connectivity index (χ1) is 8.97. The van der Waals surface area contributed by atoms with Crippen molar-refractivity contribution in [1.29, 1.82) is 0 Å². The van der Waals surface area contributed by atoms with Crippen LogP contribution < -0.4 is 11.1 Å². The zero-order valence-electron chi connectivity index (χ0n) is 9.65. The van der Waals surface area contributed by atoms with Crippen LogP contribution >= 0.6 is 11.6 Å². The fourth-order valence-electron chi connectivity index (χ4n) is 1.49. The minimum Gasteiger partial charge on any atom is -0.507 e. The number of anilines is 2. The van der Waals surface area contributed by atoms with Crippen LogP contribution in [0.2, 0.25) is 5.02 Å². The quantitative estimate of drug-likeness (QED) is 0.740. The molecule has 0 fully saturated rings. The topological polar surface area (TPSA) is 75.3 Å². The third-order valence-electron chi connectivity index (χ3n) is 2.46. The fourth-order valence-corrected chi connectivity index (χ4v) is 1.67. The summed E-state index contributed by atoms with van der Waals surface area (Å²) in [6.45, 7) is 0. The number of rotatable bonds is 2. The number of phenolic OH excluding ortho intramolecular Hbond substituents is 1. The van der Waals surface area contributed by atoms with Crippen molar-refractivity contribution in [3.63, 3.8) is 0 Å². The van der Waals surface area contributed by atoms with Gasteiger partial charge < -0.3 is 16.2 Å². The Labute approximate surface area is 113 Å². The molecular formula is C13H10ClFN2O2. The van der Waals surface area contributed by atoms with E-state index in [1.54, 1.807) is 6.07 Å². The highest BCUT2D eigenvalue weighted by atomic mass is 35.5. The second kappa shape index (κ2) is 5.16. The van der Waals surface area contributed by atoms with Crippen molar-refractivity contribution in [1.82, 2.24) is 0 Å². The Morgan fingerprint density at radius 1 is 1.26 bits per heavy atom. The number of nitrogens with two attached hydrogens (primary N) is 1. The van der Waals surface area contributed by atoms with Crippen molar-refractivity contribution < 1.29 is 14.3 Å². The van der Waals surface area contributed by atoms with E-state index in [1.165, 1.54) is 12.1 Å². The molecular weight excluding hydrogens is 271 g/mol. The number of nitrogen functional groups attached to an aromatic ring is 1. The number of carbonyl (C=O) groups is 1. The lowest BCUT2D eigenvalue weighted by Crippen LogP contribution is -2.12. The predicted molar refractivity (Wildman–Crippen MR) is 71.9 cm³/mol. The molecule has 2 aromatic rings. The molecule has 4 nitrogen and oxygen atoms in total. The maximum absolute atomic E-state index is 13.0. The first-order valence-electron chi connectivity index (χ1n) is 5.32. The maximum atomic E-state index is 13.0. The Hall–Kier alpha value is -2.27. The molecule has 98 valence electrons. The molecule has 0 unspecified atom stereocenters. The molecule has 0 spiro atoms. The van der Waals surface area contributed by atoms with Gasteiger partial charge in [-0.1, -0.05) is 11.6 Å². The molecule has 0 atom stereocenters. The van der Waals surface area contributed by atoms with Crippen molar-refractivity contribution in [3.05, 3.63) is 52.8 Å². The summed E-state index contributed by atoms with van der Waals surface area (Å²) < 4.78 is 13.0. The van der Waals surface area contributed by atoms with Crippen LogP contribution in [0.1, 0.15) is 10.4 Å². The number of aromatic hydroxyl groups is 1. The summed E-state index contributed by atoms with van der Waals surface area (Å²) in [7, 11) is 0. The van der Waals surface area contributed by atoms with E-state index < -0.39 is 11.7 Å². The molecule has 0 aliphatic heterocycles. The van der Waals surface area contributed by atoms with Crippen LogP contribution in [0.25, 0.3) is 0 Å². The van der Waals surface area contributed by atoms with E-state index in [-0.39, 0.29) is 11.3 Å². The Bertz CT molecular complexity index is 647. The molecule has 19 heavy (non-hydrogen) atoms. The molecule has 4 N–H and O–H groups in total. The van der Waals surface area contributed by atoms with E-state index in [4.69, 9.17) is 17.3 Å². The highest BCUT2D eigenvalue weighted by Crippen LogP contribution is 2.24. The maximum Gasteiger partial charge on any atom is 0.259 e. The molecule has 0 saturated carbocycles. The van der Waals surface area contributed by atoms with Crippen LogP contribution in [0.3, 0.4) is 0 Å². The number of phenols is 1. The summed E-state index contributed by atoms with van der Waals surface area (Å²) in [5, 5.41) is 12.3. The van der Waals surface area contributed by atoms with E-state index in [0.717, 1.165) is 18.2 Å². The molecule has 6 heteroatoms. The summed E-state index contributed by atoms with van der Waals surface area (Å²) >= 11 is 5.81. The lowest BCUT2D eigenvalue weighted by molar-refractivity contribution is 0.102. The van der Waals surface area contributed by atoms with Crippen molar-refractivity contribution in [2.45, 2.75) is 0 Å². The van der Waals surface area contributed by atoms with Crippen molar-refractivity contribution >= 4 is 28.9 Å². The van der Waals surface area contributed by atoms with E-state index in [2.05, 4.69) is 5.32 Å². The number of benzene rings is 2. The van der Waals surface area contributed by atoms with E-state index >= 15 is 0 Å². The Morgan fingerprint density at radius 2 is 2.00 bits per heavy atom. The van der Waals surface area contributed by atoms with Gasteiger partial charge in [0, 0.05) is 5.69 Å². The van der Waals surface area contributed by atoms with Crippen molar-refractivity contribution in [3.8, 4) is 5.75 Å². The average Bonchev–Trinajstić information content (AvgIpc) is 2.36. The number of halogens is 2.